The van der Waals surface area contributed by atoms with Crippen molar-refractivity contribution in [2.75, 3.05) is 25.6 Å². The van der Waals surface area contributed by atoms with E-state index in [1.54, 1.807) is 25.1 Å². The number of halogens is 1. The minimum atomic E-state index is -3.59. The SMILES string of the molecule is COc1ccc(Cl)cc1NC(=O)COc1ccc(S(=O)(=O)NCC(C)C)cc1C. The molecular formula is C20H25ClN2O5S. The highest BCUT2D eigenvalue weighted by molar-refractivity contribution is 7.89. The van der Waals surface area contributed by atoms with Crippen molar-refractivity contribution >= 4 is 33.2 Å². The molecule has 0 heterocycles. The molecule has 2 N–H and O–H groups in total. The van der Waals surface area contributed by atoms with E-state index in [0.29, 0.717) is 34.3 Å². The van der Waals surface area contributed by atoms with Gasteiger partial charge >= 0.3 is 0 Å². The van der Waals surface area contributed by atoms with Gasteiger partial charge in [0.25, 0.3) is 5.91 Å². The Morgan fingerprint density at radius 1 is 1.14 bits per heavy atom. The molecule has 0 aliphatic heterocycles. The molecule has 0 atom stereocenters. The van der Waals surface area contributed by atoms with Crippen molar-refractivity contribution < 1.29 is 22.7 Å². The van der Waals surface area contributed by atoms with E-state index in [2.05, 4.69) is 10.0 Å². The standard InChI is InChI=1S/C20H25ClN2O5S/c1-13(2)11-22-29(25,26)16-6-8-18(14(3)9-16)28-12-20(24)23-17-10-15(21)5-7-19(17)27-4/h5-10,13,22H,11-12H2,1-4H3,(H,23,24). The molecule has 0 bridgehead atoms. The molecule has 0 aliphatic rings. The lowest BCUT2D eigenvalue weighted by atomic mass is 10.2. The van der Waals surface area contributed by atoms with Crippen molar-refractivity contribution in [1.82, 2.24) is 4.72 Å². The molecule has 29 heavy (non-hydrogen) atoms. The summed E-state index contributed by atoms with van der Waals surface area (Å²) in [7, 11) is -2.10. The number of benzene rings is 2. The fourth-order valence-corrected chi connectivity index (χ4v) is 3.89. The normalized spacial score (nSPS) is 11.4. The van der Waals surface area contributed by atoms with Crippen molar-refractivity contribution in [3.63, 3.8) is 0 Å². The van der Waals surface area contributed by atoms with Crippen LogP contribution < -0.4 is 19.5 Å². The Bertz CT molecular complexity index is 977. The number of methoxy groups -OCH3 is 1. The quantitative estimate of drug-likeness (QED) is 0.621. The summed E-state index contributed by atoms with van der Waals surface area (Å²) in [6.07, 6.45) is 0. The number of nitrogens with one attached hydrogen (secondary N) is 2. The van der Waals surface area contributed by atoms with Gasteiger partial charge < -0.3 is 14.8 Å². The number of carbonyl (C=O) groups excluding carboxylic acids is 1. The molecule has 9 heteroatoms. The predicted molar refractivity (Wildman–Crippen MR) is 113 cm³/mol. The van der Waals surface area contributed by atoms with Crippen LogP contribution in [0.5, 0.6) is 11.5 Å². The van der Waals surface area contributed by atoms with Crippen molar-refractivity contribution in [3.8, 4) is 11.5 Å². The fraction of sp³-hybridized carbons (Fsp3) is 0.350. The third-order valence-corrected chi connectivity index (χ3v) is 5.59. The second-order valence-electron chi connectivity index (χ2n) is 6.85. The molecule has 0 saturated heterocycles. The molecule has 2 aromatic carbocycles. The summed E-state index contributed by atoms with van der Waals surface area (Å²) >= 11 is 5.95. The molecular weight excluding hydrogens is 416 g/mol. The van der Waals surface area contributed by atoms with E-state index in [9.17, 15) is 13.2 Å². The van der Waals surface area contributed by atoms with Gasteiger partial charge in [-0.1, -0.05) is 25.4 Å². The van der Waals surface area contributed by atoms with Gasteiger partial charge in [-0.05, 0) is 54.8 Å². The number of anilines is 1. The van der Waals surface area contributed by atoms with Crippen LogP contribution >= 0.6 is 11.6 Å². The van der Waals surface area contributed by atoms with E-state index in [1.165, 1.54) is 25.3 Å². The third kappa shape index (κ3) is 6.62. The maximum atomic E-state index is 12.3. The largest absolute Gasteiger partial charge is 0.495 e. The first-order valence-electron chi connectivity index (χ1n) is 8.99. The van der Waals surface area contributed by atoms with Crippen LogP contribution in [-0.2, 0) is 14.8 Å². The van der Waals surface area contributed by atoms with Crippen LogP contribution in [0.15, 0.2) is 41.3 Å². The van der Waals surface area contributed by atoms with Crippen LogP contribution in [0.1, 0.15) is 19.4 Å². The first kappa shape index (κ1) is 23.0. The van der Waals surface area contributed by atoms with Crippen LogP contribution in [0.2, 0.25) is 5.02 Å². The van der Waals surface area contributed by atoms with Crippen molar-refractivity contribution in [2.24, 2.45) is 5.92 Å². The van der Waals surface area contributed by atoms with Gasteiger partial charge in [0, 0.05) is 11.6 Å². The number of hydrogen-bond acceptors (Lipinski definition) is 5. The molecule has 0 unspecified atom stereocenters. The molecule has 0 fully saturated rings. The van der Waals surface area contributed by atoms with Gasteiger partial charge in [-0.3, -0.25) is 4.79 Å². The van der Waals surface area contributed by atoms with Crippen LogP contribution in [0.3, 0.4) is 0 Å². The molecule has 0 spiro atoms. The Labute approximate surface area is 176 Å². The number of rotatable bonds is 9. The lowest BCUT2D eigenvalue weighted by Crippen LogP contribution is -2.27. The second kappa shape index (κ2) is 9.96. The molecule has 0 radical (unpaired) electrons. The Balaban J connectivity index is 2.02. The maximum absolute atomic E-state index is 12.3. The third-order valence-electron chi connectivity index (χ3n) is 3.93. The van der Waals surface area contributed by atoms with E-state index < -0.39 is 15.9 Å². The summed E-state index contributed by atoms with van der Waals surface area (Å²) < 4.78 is 37.9. The Morgan fingerprint density at radius 3 is 2.45 bits per heavy atom. The second-order valence-corrected chi connectivity index (χ2v) is 9.06. The van der Waals surface area contributed by atoms with Crippen LogP contribution in [-0.4, -0.2) is 34.6 Å². The summed E-state index contributed by atoms with van der Waals surface area (Å²) in [5.41, 5.74) is 1.04. The van der Waals surface area contributed by atoms with Gasteiger partial charge in [0.15, 0.2) is 6.61 Å². The molecule has 0 aliphatic carbocycles. The smallest absolute Gasteiger partial charge is 0.262 e. The van der Waals surface area contributed by atoms with Crippen molar-refractivity contribution in [3.05, 3.63) is 47.0 Å². The van der Waals surface area contributed by atoms with Crippen LogP contribution in [0.25, 0.3) is 0 Å². The highest BCUT2D eigenvalue weighted by Gasteiger charge is 2.16. The minimum absolute atomic E-state index is 0.149. The zero-order chi connectivity index (χ0) is 21.6. The fourth-order valence-electron chi connectivity index (χ4n) is 2.42. The van der Waals surface area contributed by atoms with E-state index in [0.717, 1.165) is 0 Å². The van der Waals surface area contributed by atoms with Crippen molar-refractivity contribution in [1.29, 1.82) is 0 Å². The van der Waals surface area contributed by atoms with Gasteiger partial charge in [0.2, 0.25) is 10.0 Å². The summed E-state index contributed by atoms with van der Waals surface area (Å²) in [5.74, 6) is 0.689. The van der Waals surface area contributed by atoms with E-state index in [1.807, 2.05) is 13.8 Å². The maximum Gasteiger partial charge on any atom is 0.262 e. The van der Waals surface area contributed by atoms with Gasteiger partial charge in [0.05, 0.1) is 17.7 Å². The Morgan fingerprint density at radius 2 is 1.83 bits per heavy atom. The summed E-state index contributed by atoms with van der Waals surface area (Å²) in [5, 5.41) is 3.13. The Hall–Kier alpha value is -2.29. The average Bonchev–Trinajstić information content (AvgIpc) is 2.65. The molecule has 158 valence electrons. The molecule has 0 aromatic heterocycles. The molecule has 0 saturated carbocycles. The van der Waals surface area contributed by atoms with E-state index in [-0.39, 0.29) is 17.4 Å². The lowest BCUT2D eigenvalue weighted by Gasteiger charge is -2.13. The molecule has 2 aromatic rings. The van der Waals surface area contributed by atoms with Crippen LogP contribution in [0.4, 0.5) is 5.69 Å². The van der Waals surface area contributed by atoms with E-state index >= 15 is 0 Å². The summed E-state index contributed by atoms with van der Waals surface area (Å²) in [6, 6.07) is 9.37. The molecule has 2 rings (SSSR count). The average molecular weight is 441 g/mol. The first-order chi connectivity index (χ1) is 13.6. The minimum Gasteiger partial charge on any atom is -0.495 e. The number of aryl methyl sites for hydroxylation is 1. The number of ether oxygens (including phenoxy) is 2. The van der Waals surface area contributed by atoms with Gasteiger partial charge in [0.1, 0.15) is 11.5 Å². The van der Waals surface area contributed by atoms with Gasteiger partial charge in [-0.25, -0.2) is 13.1 Å². The highest BCUT2D eigenvalue weighted by atomic mass is 35.5. The topological polar surface area (TPSA) is 93.7 Å². The zero-order valence-corrected chi connectivity index (χ0v) is 18.4. The molecule has 7 nitrogen and oxygen atoms in total. The lowest BCUT2D eigenvalue weighted by molar-refractivity contribution is -0.118. The number of carbonyl (C=O) groups is 1. The van der Waals surface area contributed by atoms with Crippen LogP contribution in [0, 0.1) is 12.8 Å². The highest BCUT2D eigenvalue weighted by Crippen LogP contribution is 2.28. The summed E-state index contributed by atoms with van der Waals surface area (Å²) in [6.45, 7) is 5.67. The number of amides is 1. The van der Waals surface area contributed by atoms with Gasteiger partial charge in [-0.15, -0.1) is 0 Å². The monoisotopic (exact) mass is 440 g/mol. The zero-order valence-electron chi connectivity index (χ0n) is 16.8. The Kier molecular flexibility index (Phi) is 7.89. The van der Waals surface area contributed by atoms with Crippen molar-refractivity contribution in [2.45, 2.75) is 25.7 Å². The first-order valence-corrected chi connectivity index (χ1v) is 10.8. The van der Waals surface area contributed by atoms with Gasteiger partial charge in [-0.2, -0.15) is 0 Å². The summed E-state index contributed by atoms with van der Waals surface area (Å²) in [4.78, 5) is 12.4. The number of sulfonamides is 1. The van der Waals surface area contributed by atoms with E-state index in [4.69, 9.17) is 21.1 Å². The number of hydrogen-bond donors (Lipinski definition) is 2. The molecule has 1 amide bonds. The predicted octanol–water partition coefficient (Wildman–Crippen LogP) is 3.61.